The highest BCUT2D eigenvalue weighted by molar-refractivity contribution is 7.92. The summed E-state index contributed by atoms with van der Waals surface area (Å²) in [7, 11) is -0.709. The number of thiophene rings is 1. The van der Waals surface area contributed by atoms with Crippen LogP contribution < -0.4 is 24.0 Å². The predicted octanol–water partition coefficient (Wildman–Crippen LogP) is 6.59. The van der Waals surface area contributed by atoms with Gasteiger partial charge < -0.3 is 19.7 Å². The Kier molecular flexibility index (Phi) is 8.22. The van der Waals surface area contributed by atoms with E-state index in [0.29, 0.717) is 39.9 Å². The quantitative estimate of drug-likeness (QED) is 0.195. The lowest BCUT2D eigenvalue weighted by molar-refractivity contribution is 0.0988. The maximum Gasteiger partial charge on any atom is 0.265 e. The Morgan fingerprint density at radius 2 is 1.58 bits per heavy atom. The predicted molar refractivity (Wildman–Crippen MR) is 178 cm³/mol. The Hall–Kier alpha value is -4.87. The molecule has 0 fully saturated rings. The number of nitrogens with one attached hydrogen (secondary N) is 1. The Morgan fingerprint density at radius 3 is 2.24 bits per heavy atom. The van der Waals surface area contributed by atoms with E-state index in [1.807, 2.05) is 24.3 Å². The average molecular weight is 642 g/mol. The first-order chi connectivity index (χ1) is 21.7. The highest BCUT2D eigenvalue weighted by Gasteiger charge is 2.27. The van der Waals surface area contributed by atoms with Gasteiger partial charge in [-0.15, -0.1) is 11.3 Å². The molecule has 4 aromatic carbocycles. The molecule has 2 amide bonds. The number of ether oxygens (including phenoxy) is 2. The van der Waals surface area contributed by atoms with E-state index in [9.17, 15) is 18.0 Å². The Balaban J connectivity index is 1.21. The Labute approximate surface area is 265 Å². The normalized spacial score (nSPS) is 12.6. The zero-order valence-corrected chi connectivity index (χ0v) is 26.6. The van der Waals surface area contributed by atoms with Crippen LogP contribution in [0.5, 0.6) is 11.5 Å². The molecular weight excluding hydrogens is 611 g/mol. The van der Waals surface area contributed by atoms with Gasteiger partial charge in [0.1, 0.15) is 11.5 Å². The summed E-state index contributed by atoms with van der Waals surface area (Å²) < 4.78 is 39.5. The summed E-state index contributed by atoms with van der Waals surface area (Å²) in [4.78, 5) is 29.0. The van der Waals surface area contributed by atoms with E-state index < -0.39 is 10.0 Å². The third-order valence-corrected chi connectivity index (χ3v) is 10.8. The van der Waals surface area contributed by atoms with Crippen LogP contribution in [0.3, 0.4) is 0 Å². The average Bonchev–Trinajstić information content (AvgIpc) is 3.69. The number of amides is 2. The maximum atomic E-state index is 13.5. The molecule has 0 unspecified atom stereocenters. The number of nitrogens with zero attached hydrogens (tertiary/aromatic N) is 2. The zero-order valence-electron chi connectivity index (χ0n) is 24.9. The number of fused-ring (bicyclic) bond motifs is 2. The molecule has 6 rings (SSSR count). The van der Waals surface area contributed by atoms with Gasteiger partial charge >= 0.3 is 0 Å². The second-order valence-electron chi connectivity index (χ2n) is 10.4. The lowest BCUT2D eigenvalue weighted by Crippen LogP contribution is -2.30. The van der Waals surface area contributed by atoms with E-state index >= 15 is 0 Å². The molecule has 0 spiro atoms. The molecule has 230 valence electrons. The van der Waals surface area contributed by atoms with Crippen LogP contribution in [0.4, 0.5) is 17.1 Å². The summed E-state index contributed by atoms with van der Waals surface area (Å²) in [6.45, 7) is 2.56. The van der Waals surface area contributed by atoms with Crippen LogP contribution >= 0.6 is 11.3 Å². The van der Waals surface area contributed by atoms with Crippen LogP contribution in [-0.2, 0) is 16.4 Å². The monoisotopic (exact) mass is 641 g/mol. The molecule has 1 aliphatic rings. The summed E-state index contributed by atoms with van der Waals surface area (Å²) in [5.74, 6) is 0.844. The summed E-state index contributed by atoms with van der Waals surface area (Å²) in [5.41, 5.74) is 3.45. The first-order valence-corrected chi connectivity index (χ1v) is 16.6. The molecule has 0 saturated carbocycles. The lowest BCUT2D eigenvalue weighted by Gasteiger charge is -2.23. The molecule has 0 bridgehead atoms. The van der Waals surface area contributed by atoms with Crippen LogP contribution in [0.2, 0.25) is 0 Å². The van der Waals surface area contributed by atoms with Gasteiger partial charge in [0, 0.05) is 34.7 Å². The molecule has 0 radical (unpaired) electrons. The number of hydrogen-bond donors (Lipinski definition) is 1. The molecule has 9 nitrogen and oxygen atoms in total. The van der Waals surface area contributed by atoms with Crippen molar-refractivity contribution in [3.63, 3.8) is 0 Å². The molecule has 11 heteroatoms. The number of hydrogen-bond acceptors (Lipinski definition) is 7. The number of carbonyl (C=O) groups excluding carboxylic acids is 2. The maximum absolute atomic E-state index is 13.5. The number of anilines is 3. The van der Waals surface area contributed by atoms with Gasteiger partial charge in [0.2, 0.25) is 0 Å². The van der Waals surface area contributed by atoms with Gasteiger partial charge in [0.05, 0.1) is 29.7 Å². The molecule has 0 saturated heterocycles. The highest BCUT2D eigenvalue weighted by Crippen LogP contribution is 2.35. The number of benzene rings is 4. The van der Waals surface area contributed by atoms with Gasteiger partial charge in [-0.05, 0) is 109 Å². The van der Waals surface area contributed by atoms with Gasteiger partial charge in [-0.1, -0.05) is 6.07 Å². The number of methoxy groups -OCH3 is 2. The molecule has 1 aromatic heterocycles. The second-order valence-corrected chi connectivity index (χ2v) is 13.4. The van der Waals surface area contributed by atoms with E-state index in [4.69, 9.17) is 9.47 Å². The summed E-state index contributed by atoms with van der Waals surface area (Å²) >= 11 is 1.32. The molecule has 5 aromatic rings. The van der Waals surface area contributed by atoms with E-state index in [2.05, 4.69) is 5.32 Å². The SMILES string of the molecule is CCN(c1ccc2sc(C(=O)Nc3ccc4c(c3)N(C(=O)c3ccc(OC)cc3)CC4)cc2c1)S(=O)(=O)c1ccc(OC)cc1. The zero-order chi connectivity index (χ0) is 31.7. The molecular formula is C34H31N3O6S2. The second kappa shape index (κ2) is 12.3. The fourth-order valence-corrected chi connectivity index (χ4v) is 7.82. The van der Waals surface area contributed by atoms with Crippen molar-refractivity contribution in [1.82, 2.24) is 0 Å². The summed E-state index contributed by atoms with van der Waals surface area (Å²) in [5, 5.41) is 3.73. The van der Waals surface area contributed by atoms with E-state index in [-0.39, 0.29) is 23.3 Å². The van der Waals surface area contributed by atoms with Gasteiger partial charge in [-0.2, -0.15) is 0 Å². The Bertz CT molecular complexity index is 2000. The summed E-state index contributed by atoms with van der Waals surface area (Å²) in [6.07, 6.45) is 0.729. The van der Waals surface area contributed by atoms with Crippen molar-refractivity contribution in [3.8, 4) is 11.5 Å². The van der Waals surface area contributed by atoms with Crippen molar-refractivity contribution in [2.45, 2.75) is 18.2 Å². The van der Waals surface area contributed by atoms with E-state index in [1.54, 1.807) is 73.5 Å². The number of sulfonamides is 1. The minimum atomic E-state index is -3.82. The molecule has 0 atom stereocenters. The van der Waals surface area contributed by atoms with Crippen LogP contribution in [0, 0.1) is 0 Å². The topological polar surface area (TPSA) is 105 Å². The highest BCUT2D eigenvalue weighted by atomic mass is 32.2. The van der Waals surface area contributed by atoms with Crippen molar-refractivity contribution in [3.05, 3.63) is 107 Å². The fraction of sp³-hybridized carbons (Fsp3) is 0.176. The van der Waals surface area contributed by atoms with Gasteiger partial charge in [0.25, 0.3) is 21.8 Å². The van der Waals surface area contributed by atoms with Crippen LogP contribution in [0.25, 0.3) is 10.1 Å². The largest absolute Gasteiger partial charge is 0.497 e. The van der Waals surface area contributed by atoms with Gasteiger partial charge in [-0.3, -0.25) is 13.9 Å². The summed E-state index contributed by atoms with van der Waals surface area (Å²) in [6, 6.07) is 26.0. The van der Waals surface area contributed by atoms with Crippen LogP contribution in [-0.4, -0.2) is 47.5 Å². The third-order valence-electron chi connectivity index (χ3n) is 7.77. The molecule has 1 N–H and O–H groups in total. The number of rotatable bonds is 9. The smallest absolute Gasteiger partial charge is 0.265 e. The van der Waals surface area contributed by atoms with Crippen molar-refractivity contribution in [2.24, 2.45) is 0 Å². The minimum Gasteiger partial charge on any atom is -0.497 e. The minimum absolute atomic E-state index is 0.115. The molecule has 0 aliphatic carbocycles. The van der Waals surface area contributed by atoms with E-state index in [1.165, 1.54) is 34.9 Å². The first kappa shape index (κ1) is 30.2. The standard InChI is InChI=1S/C34H31N3O6S2/c1-4-37(45(40,41)29-14-12-28(43-3)13-15-29)26-9-16-31-24(19-26)20-32(44-31)33(38)35-25-8-5-22-17-18-36(30(22)21-25)34(39)23-6-10-27(42-2)11-7-23/h5-16,19-21H,4,17-18H2,1-3H3,(H,35,38). The number of carbonyl (C=O) groups is 2. The fourth-order valence-electron chi connectivity index (χ4n) is 5.41. The van der Waals surface area contributed by atoms with Gasteiger partial charge in [0.15, 0.2) is 0 Å². The molecule has 45 heavy (non-hydrogen) atoms. The van der Waals surface area contributed by atoms with Crippen molar-refractivity contribution < 1.29 is 27.5 Å². The van der Waals surface area contributed by atoms with Crippen molar-refractivity contribution >= 4 is 60.3 Å². The molecule has 2 heterocycles. The van der Waals surface area contributed by atoms with Crippen molar-refractivity contribution in [2.75, 3.05) is 41.8 Å². The van der Waals surface area contributed by atoms with Gasteiger partial charge in [-0.25, -0.2) is 8.42 Å². The first-order valence-electron chi connectivity index (χ1n) is 14.3. The van der Waals surface area contributed by atoms with Crippen LogP contribution in [0.1, 0.15) is 32.5 Å². The lowest BCUT2D eigenvalue weighted by atomic mass is 10.1. The third kappa shape index (κ3) is 5.84. The van der Waals surface area contributed by atoms with Crippen molar-refractivity contribution in [1.29, 1.82) is 0 Å². The van der Waals surface area contributed by atoms with E-state index in [0.717, 1.165) is 27.8 Å². The molecule has 1 aliphatic heterocycles. The Morgan fingerprint density at radius 1 is 0.889 bits per heavy atom. The van der Waals surface area contributed by atoms with Crippen LogP contribution in [0.15, 0.2) is 95.9 Å².